The van der Waals surface area contributed by atoms with Gasteiger partial charge < -0.3 is 9.11 Å². The van der Waals surface area contributed by atoms with Crippen molar-refractivity contribution in [3.63, 3.8) is 0 Å². The van der Waals surface area contributed by atoms with Crippen LogP contribution in [0, 0.1) is 6.92 Å². The lowest BCUT2D eigenvalue weighted by Crippen LogP contribution is -2.04. The van der Waals surface area contributed by atoms with Crippen molar-refractivity contribution in [1.82, 2.24) is 0 Å². The summed E-state index contributed by atoms with van der Waals surface area (Å²) in [5, 5.41) is 0. The van der Waals surface area contributed by atoms with Crippen molar-refractivity contribution >= 4 is 20.2 Å². The Labute approximate surface area is 87.1 Å². The summed E-state index contributed by atoms with van der Waals surface area (Å²) in [5.74, 6) is 0. The van der Waals surface area contributed by atoms with Gasteiger partial charge in [-0.15, -0.1) is 0 Å². The molecule has 0 atom stereocenters. The summed E-state index contributed by atoms with van der Waals surface area (Å²) in [6.45, 7) is 1.24. The molecular weight excluding hydrogens is 244 g/mol. The van der Waals surface area contributed by atoms with Crippen molar-refractivity contribution in [2.45, 2.75) is 16.7 Å². The predicted molar refractivity (Wildman–Crippen MR) is 47.1 cm³/mol. The minimum atomic E-state index is -4.64. The fourth-order valence-electron chi connectivity index (χ4n) is 1.06. The molecule has 84 valence electrons. The Balaban J connectivity index is 3.47. The summed E-state index contributed by atoms with van der Waals surface area (Å²) in [7, 11) is -9.28. The van der Waals surface area contributed by atoms with Crippen molar-refractivity contribution in [3.8, 4) is 0 Å². The molecule has 0 bridgehead atoms. The second kappa shape index (κ2) is 3.56. The van der Waals surface area contributed by atoms with Gasteiger partial charge in [0.2, 0.25) is 0 Å². The van der Waals surface area contributed by atoms with Gasteiger partial charge in [-0.25, -0.2) is 16.8 Å². The van der Waals surface area contributed by atoms with Crippen LogP contribution in [0.15, 0.2) is 28.0 Å². The lowest BCUT2D eigenvalue weighted by Gasteiger charge is -2.13. The maximum atomic E-state index is 10.6. The monoisotopic (exact) mass is 250 g/mol. The van der Waals surface area contributed by atoms with Gasteiger partial charge in [0.05, 0.1) is 9.79 Å². The number of hydrogen-bond donors (Lipinski definition) is 0. The molecule has 0 saturated carbocycles. The third-order valence-corrected chi connectivity index (χ3v) is 3.53. The Morgan fingerprint density at radius 1 is 1.00 bits per heavy atom. The first-order chi connectivity index (χ1) is 6.62. The maximum absolute atomic E-state index is 10.6. The molecular formula is C7H6O6S2-2. The van der Waals surface area contributed by atoms with E-state index in [1.54, 1.807) is 0 Å². The smallest absolute Gasteiger partial charge is 0.124 e. The molecule has 0 aliphatic carbocycles. The Bertz CT molecular complexity index is 584. The molecule has 0 N–H and O–H groups in total. The molecule has 15 heavy (non-hydrogen) atoms. The average molecular weight is 250 g/mol. The molecule has 0 aliphatic heterocycles. The molecule has 0 aliphatic rings. The highest BCUT2D eigenvalue weighted by Gasteiger charge is 2.08. The lowest BCUT2D eigenvalue weighted by atomic mass is 10.2. The standard InChI is InChI=1S/C7H8O6S2/c1-5-4-6(14(8,9)10)2-3-7(5)15(11,12)13/h2-4H,1H3,(H,8,9,10)(H,11,12,13)/p-2. The molecule has 0 radical (unpaired) electrons. The fourth-order valence-corrected chi connectivity index (χ4v) is 2.30. The molecule has 1 aromatic rings. The molecule has 0 spiro atoms. The third-order valence-electron chi connectivity index (χ3n) is 1.70. The van der Waals surface area contributed by atoms with E-state index in [4.69, 9.17) is 0 Å². The first-order valence-electron chi connectivity index (χ1n) is 3.65. The zero-order chi connectivity index (χ0) is 11.9. The Morgan fingerprint density at radius 3 is 1.87 bits per heavy atom. The molecule has 0 saturated heterocycles. The zero-order valence-electron chi connectivity index (χ0n) is 7.50. The van der Waals surface area contributed by atoms with Gasteiger partial charge in [0.25, 0.3) is 0 Å². The highest BCUT2D eigenvalue weighted by atomic mass is 32.2. The van der Waals surface area contributed by atoms with Crippen LogP contribution in [0.1, 0.15) is 5.56 Å². The average Bonchev–Trinajstić information content (AvgIpc) is 1.99. The van der Waals surface area contributed by atoms with Gasteiger partial charge in [0, 0.05) is 0 Å². The lowest BCUT2D eigenvalue weighted by molar-refractivity contribution is 0.458. The van der Waals surface area contributed by atoms with E-state index in [0.717, 1.165) is 18.2 Å². The Hall–Kier alpha value is -0.960. The first-order valence-corrected chi connectivity index (χ1v) is 6.46. The van der Waals surface area contributed by atoms with E-state index in [0.29, 0.717) is 0 Å². The molecule has 0 heterocycles. The molecule has 0 amide bonds. The summed E-state index contributed by atoms with van der Waals surface area (Å²) in [6.07, 6.45) is 0. The van der Waals surface area contributed by atoms with E-state index in [1.807, 2.05) is 0 Å². The van der Waals surface area contributed by atoms with Gasteiger partial charge in [0.15, 0.2) is 0 Å². The second-order valence-corrected chi connectivity index (χ2v) is 5.56. The highest BCUT2D eigenvalue weighted by Crippen LogP contribution is 2.18. The number of benzene rings is 1. The topological polar surface area (TPSA) is 114 Å². The summed E-state index contributed by atoms with van der Waals surface area (Å²) in [6, 6.07) is 2.45. The van der Waals surface area contributed by atoms with E-state index in [-0.39, 0.29) is 5.56 Å². The molecule has 8 heteroatoms. The van der Waals surface area contributed by atoms with Crippen LogP contribution in [0.2, 0.25) is 0 Å². The van der Waals surface area contributed by atoms with E-state index in [9.17, 15) is 25.9 Å². The summed E-state index contributed by atoms with van der Waals surface area (Å²) >= 11 is 0. The van der Waals surface area contributed by atoms with Crippen LogP contribution in [0.25, 0.3) is 0 Å². The molecule has 0 unspecified atom stereocenters. The van der Waals surface area contributed by atoms with E-state index < -0.39 is 30.0 Å². The molecule has 1 rings (SSSR count). The zero-order valence-corrected chi connectivity index (χ0v) is 9.13. The van der Waals surface area contributed by atoms with Crippen LogP contribution in [-0.4, -0.2) is 25.9 Å². The van der Waals surface area contributed by atoms with Crippen molar-refractivity contribution in [2.75, 3.05) is 0 Å². The van der Waals surface area contributed by atoms with Gasteiger partial charge in [-0.2, -0.15) is 0 Å². The van der Waals surface area contributed by atoms with Gasteiger partial charge in [-0.1, -0.05) is 0 Å². The summed E-state index contributed by atoms with van der Waals surface area (Å²) in [5.41, 5.74) is -0.0677. The van der Waals surface area contributed by atoms with Crippen LogP contribution >= 0.6 is 0 Å². The van der Waals surface area contributed by atoms with Gasteiger partial charge in [0.1, 0.15) is 20.2 Å². The minimum Gasteiger partial charge on any atom is -0.744 e. The summed E-state index contributed by atoms with van der Waals surface area (Å²) < 4.78 is 63.6. The van der Waals surface area contributed by atoms with Crippen molar-refractivity contribution in [2.24, 2.45) is 0 Å². The van der Waals surface area contributed by atoms with Crippen LogP contribution in [0.3, 0.4) is 0 Å². The highest BCUT2D eigenvalue weighted by molar-refractivity contribution is 7.86. The van der Waals surface area contributed by atoms with Crippen LogP contribution in [-0.2, 0) is 20.2 Å². The number of hydrogen-bond acceptors (Lipinski definition) is 6. The third kappa shape index (κ3) is 2.75. The first kappa shape index (κ1) is 12.1. The van der Waals surface area contributed by atoms with Gasteiger partial charge in [-0.3, -0.25) is 0 Å². The van der Waals surface area contributed by atoms with Crippen molar-refractivity contribution < 1.29 is 25.9 Å². The Morgan fingerprint density at radius 2 is 1.53 bits per heavy atom. The minimum absolute atomic E-state index is 0.0677. The van der Waals surface area contributed by atoms with E-state index >= 15 is 0 Å². The fraction of sp³-hybridized carbons (Fsp3) is 0.143. The van der Waals surface area contributed by atoms with E-state index in [1.165, 1.54) is 6.92 Å². The van der Waals surface area contributed by atoms with E-state index in [2.05, 4.69) is 0 Å². The molecule has 6 nitrogen and oxygen atoms in total. The number of aryl methyl sites for hydroxylation is 1. The van der Waals surface area contributed by atoms with Crippen LogP contribution in [0.5, 0.6) is 0 Å². The molecule has 1 aromatic carbocycles. The second-order valence-electron chi connectivity index (χ2n) is 2.84. The quantitative estimate of drug-likeness (QED) is 0.671. The SMILES string of the molecule is Cc1cc(S(=O)(=O)[O-])ccc1S(=O)(=O)[O-]. The molecule has 0 aromatic heterocycles. The predicted octanol–water partition coefficient (Wildman–Crippen LogP) is -0.197. The molecule has 0 fully saturated rings. The van der Waals surface area contributed by atoms with Crippen molar-refractivity contribution in [1.29, 1.82) is 0 Å². The number of rotatable bonds is 2. The largest absolute Gasteiger partial charge is 0.744 e. The maximum Gasteiger partial charge on any atom is 0.124 e. The van der Waals surface area contributed by atoms with Crippen molar-refractivity contribution in [3.05, 3.63) is 23.8 Å². The van der Waals surface area contributed by atoms with Gasteiger partial charge >= 0.3 is 0 Å². The van der Waals surface area contributed by atoms with Crippen LogP contribution in [0.4, 0.5) is 0 Å². The normalized spacial score (nSPS) is 12.7. The van der Waals surface area contributed by atoms with Gasteiger partial charge in [-0.05, 0) is 30.7 Å². The Kier molecular flexibility index (Phi) is 2.88. The van der Waals surface area contributed by atoms with Crippen LogP contribution < -0.4 is 0 Å². The summed E-state index contributed by atoms with van der Waals surface area (Å²) in [4.78, 5) is -1.10.